The lowest BCUT2D eigenvalue weighted by atomic mass is 10.1. The van der Waals surface area contributed by atoms with Gasteiger partial charge in [-0.15, -0.1) is 0 Å². The van der Waals surface area contributed by atoms with Gasteiger partial charge in [-0.1, -0.05) is 17.7 Å². The van der Waals surface area contributed by atoms with Gasteiger partial charge in [0.05, 0.1) is 6.04 Å². The van der Waals surface area contributed by atoms with Gasteiger partial charge in [0.2, 0.25) is 0 Å². The molecular weight excluding hydrogens is 174 g/mol. The molecule has 0 spiro atoms. The summed E-state index contributed by atoms with van der Waals surface area (Å²) in [4.78, 5) is 0. The highest BCUT2D eigenvalue weighted by atomic mass is 35.5. The Hall–Kier alpha value is -0.730. The second-order valence-corrected chi connectivity index (χ2v) is 3.42. The summed E-state index contributed by atoms with van der Waals surface area (Å²) in [6.07, 6.45) is 0. The van der Waals surface area contributed by atoms with E-state index in [0.717, 1.165) is 21.9 Å². The molecule has 12 heavy (non-hydrogen) atoms. The topological polar surface area (TPSA) is 35.2 Å². The first-order valence-corrected chi connectivity index (χ1v) is 4.25. The molecule has 1 aromatic rings. The van der Waals surface area contributed by atoms with Gasteiger partial charge in [-0.25, -0.2) is 0 Å². The Morgan fingerprint density at radius 2 is 2.33 bits per heavy atom. The highest BCUT2D eigenvalue weighted by molar-refractivity contribution is 6.31. The average Bonchev–Trinajstić information content (AvgIpc) is 2.41. The van der Waals surface area contributed by atoms with Crippen LogP contribution in [0.2, 0.25) is 5.02 Å². The molecule has 1 aromatic carbocycles. The molecule has 2 N–H and O–H groups in total. The quantitative estimate of drug-likeness (QED) is 0.668. The first-order chi connectivity index (χ1) is 5.70. The van der Waals surface area contributed by atoms with Crippen LogP contribution in [0.4, 0.5) is 0 Å². The predicted octanol–water partition coefficient (Wildman–Crippen LogP) is 2.04. The molecule has 1 atom stereocenters. The van der Waals surface area contributed by atoms with Crippen LogP contribution in [0.15, 0.2) is 12.1 Å². The lowest BCUT2D eigenvalue weighted by Crippen LogP contribution is -2.10. The maximum atomic E-state index is 5.92. The van der Waals surface area contributed by atoms with E-state index < -0.39 is 0 Å². The van der Waals surface area contributed by atoms with Crippen molar-refractivity contribution >= 4 is 11.6 Å². The summed E-state index contributed by atoms with van der Waals surface area (Å²) in [6.45, 7) is 2.51. The van der Waals surface area contributed by atoms with Gasteiger partial charge in [0, 0.05) is 16.1 Å². The average molecular weight is 184 g/mol. The molecule has 0 amide bonds. The second kappa shape index (κ2) is 2.64. The van der Waals surface area contributed by atoms with Crippen molar-refractivity contribution in [1.82, 2.24) is 0 Å². The molecule has 1 aliphatic rings. The first-order valence-electron chi connectivity index (χ1n) is 3.87. The fraction of sp³-hybridized carbons (Fsp3) is 0.333. The number of benzene rings is 1. The highest BCUT2D eigenvalue weighted by Gasteiger charge is 2.22. The largest absolute Gasteiger partial charge is 0.491 e. The molecule has 64 valence electrons. The Kier molecular flexibility index (Phi) is 1.74. The van der Waals surface area contributed by atoms with Crippen molar-refractivity contribution in [3.63, 3.8) is 0 Å². The van der Waals surface area contributed by atoms with Crippen molar-refractivity contribution in [2.75, 3.05) is 6.61 Å². The summed E-state index contributed by atoms with van der Waals surface area (Å²) in [5.74, 6) is 0.870. The summed E-state index contributed by atoms with van der Waals surface area (Å²) in [5.41, 5.74) is 7.85. The minimum absolute atomic E-state index is 0.0102. The van der Waals surface area contributed by atoms with Gasteiger partial charge in [0.1, 0.15) is 12.4 Å². The van der Waals surface area contributed by atoms with Crippen LogP contribution in [-0.2, 0) is 0 Å². The number of fused-ring (bicyclic) bond motifs is 1. The molecule has 0 aromatic heterocycles. The number of nitrogens with two attached hydrogens (primary N) is 1. The summed E-state index contributed by atoms with van der Waals surface area (Å²) < 4.78 is 5.41. The Bertz CT molecular complexity index is 325. The monoisotopic (exact) mass is 183 g/mol. The highest BCUT2D eigenvalue weighted by Crippen LogP contribution is 2.37. The number of rotatable bonds is 0. The Morgan fingerprint density at radius 3 is 3.08 bits per heavy atom. The van der Waals surface area contributed by atoms with Crippen LogP contribution in [0, 0.1) is 6.92 Å². The predicted molar refractivity (Wildman–Crippen MR) is 48.6 cm³/mol. The van der Waals surface area contributed by atoms with Crippen LogP contribution in [0.1, 0.15) is 17.2 Å². The van der Waals surface area contributed by atoms with Crippen LogP contribution < -0.4 is 10.5 Å². The fourth-order valence-electron chi connectivity index (χ4n) is 1.44. The van der Waals surface area contributed by atoms with Crippen molar-refractivity contribution in [3.05, 3.63) is 28.3 Å². The molecule has 0 saturated carbocycles. The number of ether oxygens (including phenoxy) is 1. The molecule has 0 bridgehead atoms. The third-order valence-corrected chi connectivity index (χ3v) is 2.59. The zero-order chi connectivity index (χ0) is 8.72. The van der Waals surface area contributed by atoms with E-state index in [4.69, 9.17) is 22.1 Å². The summed E-state index contributed by atoms with van der Waals surface area (Å²) in [7, 11) is 0. The maximum Gasteiger partial charge on any atom is 0.128 e. The standard InChI is InChI=1S/C9H10ClNO/c1-5-7(10)3-2-6-8(11)4-12-9(5)6/h2-3,8H,4,11H2,1H3/t8-/m0/s1. The van der Waals surface area contributed by atoms with Crippen LogP contribution in [-0.4, -0.2) is 6.61 Å². The normalized spacial score (nSPS) is 20.4. The zero-order valence-electron chi connectivity index (χ0n) is 6.80. The number of halogens is 1. The molecule has 3 heteroatoms. The third-order valence-electron chi connectivity index (χ3n) is 2.18. The molecule has 2 rings (SSSR count). The SMILES string of the molecule is Cc1c(Cl)ccc2c1OC[C@@H]2N. The minimum Gasteiger partial charge on any atom is -0.491 e. The number of hydrogen-bond donors (Lipinski definition) is 1. The molecule has 2 nitrogen and oxygen atoms in total. The van der Waals surface area contributed by atoms with Crippen molar-refractivity contribution in [1.29, 1.82) is 0 Å². The lowest BCUT2D eigenvalue weighted by Gasteiger charge is -2.04. The molecule has 0 radical (unpaired) electrons. The van der Waals surface area contributed by atoms with E-state index >= 15 is 0 Å². The van der Waals surface area contributed by atoms with E-state index in [1.807, 2.05) is 19.1 Å². The summed E-state index contributed by atoms with van der Waals surface area (Å²) in [5, 5.41) is 0.739. The van der Waals surface area contributed by atoms with Gasteiger partial charge < -0.3 is 10.5 Å². The van der Waals surface area contributed by atoms with Crippen molar-refractivity contribution in [3.8, 4) is 5.75 Å². The minimum atomic E-state index is 0.0102. The smallest absolute Gasteiger partial charge is 0.128 e. The van der Waals surface area contributed by atoms with Gasteiger partial charge >= 0.3 is 0 Å². The number of hydrogen-bond acceptors (Lipinski definition) is 2. The van der Waals surface area contributed by atoms with Gasteiger partial charge in [-0.3, -0.25) is 0 Å². The van der Waals surface area contributed by atoms with Crippen molar-refractivity contribution < 1.29 is 4.74 Å². The second-order valence-electron chi connectivity index (χ2n) is 3.01. The fourth-order valence-corrected chi connectivity index (χ4v) is 1.58. The van der Waals surface area contributed by atoms with Gasteiger partial charge in [-0.05, 0) is 13.0 Å². The van der Waals surface area contributed by atoms with E-state index in [9.17, 15) is 0 Å². The lowest BCUT2D eigenvalue weighted by molar-refractivity contribution is 0.331. The zero-order valence-corrected chi connectivity index (χ0v) is 7.56. The molecular formula is C9H10ClNO. The van der Waals surface area contributed by atoms with Crippen LogP contribution >= 0.6 is 11.6 Å². The Labute approximate surface area is 76.3 Å². The summed E-state index contributed by atoms with van der Waals surface area (Å²) in [6, 6.07) is 3.81. The van der Waals surface area contributed by atoms with Crippen LogP contribution in [0.5, 0.6) is 5.75 Å². The molecule has 0 saturated heterocycles. The van der Waals surface area contributed by atoms with E-state index in [1.165, 1.54) is 0 Å². The molecule has 0 unspecified atom stereocenters. The molecule has 0 fully saturated rings. The van der Waals surface area contributed by atoms with Crippen molar-refractivity contribution in [2.24, 2.45) is 5.73 Å². The van der Waals surface area contributed by atoms with E-state index in [0.29, 0.717) is 6.61 Å². The molecule has 1 aliphatic heterocycles. The van der Waals surface area contributed by atoms with Gasteiger partial charge in [0.25, 0.3) is 0 Å². The Balaban J connectivity index is 2.60. The van der Waals surface area contributed by atoms with E-state index in [-0.39, 0.29) is 6.04 Å². The van der Waals surface area contributed by atoms with Gasteiger partial charge in [-0.2, -0.15) is 0 Å². The van der Waals surface area contributed by atoms with E-state index in [1.54, 1.807) is 0 Å². The maximum absolute atomic E-state index is 5.92. The van der Waals surface area contributed by atoms with Gasteiger partial charge in [0.15, 0.2) is 0 Å². The van der Waals surface area contributed by atoms with Crippen molar-refractivity contribution in [2.45, 2.75) is 13.0 Å². The Morgan fingerprint density at radius 1 is 1.58 bits per heavy atom. The molecule has 1 heterocycles. The summed E-state index contributed by atoms with van der Waals surface area (Å²) >= 11 is 5.92. The van der Waals surface area contributed by atoms with Crippen LogP contribution in [0.25, 0.3) is 0 Å². The first kappa shape index (κ1) is 7.90. The van der Waals surface area contributed by atoms with Crippen LogP contribution in [0.3, 0.4) is 0 Å². The van der Waals surface area contributed by atoms with E-state index in [2.05, 4.69) is 0 Å². The molecule has 0 aliphatic carbocycles. The third kappa shape index (κ3) is 0.993.